The van der Waals surface area contributed by atoms with E-state index in [1.54, 1.807) is 30.3 Å². The number of piperidine rings is 1. The summed E-state index contributed by atoms with van der Waals surface area (Å²) in [4.78, 5) is 25.4. The minimum atomic E-state index is -5.06. The van der Waals surface area contributed by atoms with E-state index < -0.39 is 47.0 Å². The number of alkyl halides is 6. The number of nitrogens with zero attached hydrogens (tertiary/aromatic N) is 1. The van der Waals surface area contributed by atoms with Gasteiger partial charge in [-0.05, 0) is 43.0 Å². The molecule has 2 atom stereocenters. The molecule has 0 bridgehead atoms. The fraction of sp³-hybridized carbons (Fsp3) is 0.391. The molecule has 192 valence electrons. The smallest absolute Gasteiger partial charge is 0.416 e. The Balaban J connectivity index is 0.00000432. The predicted octanol–water partition coefficient (Wildman–Crippen LogP) is 5.04. The molecule has 2 aromatic carbocycles. The third kappa shape index (κ3) is 7.60. The van der Waals surface area contributed by atoms with Gasteiger partial charge in [-0.15, -0.1) is 12.4 Å². The highest BCUT2D eigenvalue weighted by atomic mass is 35.5. The van der Waals surface area contributed by atoms with E-state index in [0.29, 0.717) is 31.4 Å². The summed E-state index contributed by atoms with van der Waals surface area (Å²) in [6, 6.07) is 8.94. The van der Waals surface area contributed by atoms with E-state index in [1.807, 2.05) is 0 Å². The molecule has 0 aromatic heterocycles. The molecule has 0 aliphatic carbocycles. The lowest BCUT2D eigenvalue weighted by Crippen LogP contribution is -2.52. The van der Waals surface area contributed by atoms with Gasteiger partial charge >= 0.3 is 18.3 Å². The number of carboxylic acid groups (broad SMARTS) is 1. The number of carboxylic acids is 1. The van der Waals surface area contributed by atoms with Crippen molar-refractivity contribution in [3.8, 4) is 0 Å². The molecule has 1 aliphatic rings. The average molecular weight is 525 g/mol. The highest BCUT2D eigenvalue weighted by Crippen LogP contribution is 2.37. The summed E-state index contributed by atoms with van der Waals surface area (Å²) in [7, 11) is 0. The number of hydrogen-bond donors (Lipinski definition) is 2. The van der Waals surface area contributed by atoms with E-state index in [-0.39, 0.29) is 37.6 Å². The van der Waals surface area contributed by atoms with Gasteiger partial charge in [0.2, 0.25) is 0 Å². The van der Waals surface area contributed by atoms with Crippen LogP contribution in [0.2, 0.25) is 0 Å². The maximum Gasteiger partial charge on any atom is 0.416 e. The van der Waals surface area contributed by atoms with Gasteiger partial charge in [-0.25, -0.2) is 0 Å². The number of halogens is 7. The van der Waals surface area contributed by atoms with Gasteiger partial charge in [0.15, 0.2) is 0 Å². The van der Waals surface area contributed by atoms with Crippen LogP contribution in [0.5, 0.6) is 0 Å². The van der Waals surface area contributed by atoms with Crippen LogP contribution >= 0.6 is 12.4 Å². The quantitative estimate of drug-likeness (QED) is 0.520. The van der Waals surface area contributed by atoms with Crippen LogP contribution in [0.25, 0.3) is 0 Å². The van der Waals surface area contributed by atoms with Crippen molar-refractivity contribution in [2.75, 3.05) is 13.1 Å². The average Bonchev–Trinajstić information content (AvgIpc) is 2.76. The molecule has 0 spiro atoms. The molecule has 1 aliphatic heterocycles. The van der Waals surface area contributed by atoms with Gasteiger partial charge < -0.3 is 15.3 Å². The lowest BCUT2D eigenvalue weighted by Gasteiger charge is -2.40. The maximum absolute atomic E-state index is 13.3. The van der Waals surface area contributed by atoms with E-state index >= 15 is 0 Å². The van der Waals surface area contributed by atoms with Crippen molar-refractivity contribution in [2.45, 2.75) is 43.7 Å². The molecule has 0 saturated carbocycles. The number of benzene rings is 2. The lowest BCUT2D eigenvalue weighted by molar-refractivity contribution is -0.143. The molecular weight excluding hydrogens is 502 g/mol. The Morgan fingerprint density at radius 2 is 1.54 bits per heavy atom. The highest BCUT2D eigenvalue weighted by Gasteiger charge is 2.39. The summed E-state index contributed by atoms with van der Waals surface area (Å²) in [5.74, 6) is -2.00. The largest absolute Gasteiger partial charge is 0.480 e. The second-order valence-corrected chi connectivity index (χ2v) is 8.13. The molecule has 2 aromatic rings. The lowest BCUT2D eigenvalue weighted by atomic mass is 9.91. The maximum atomic E-state index is 13.3. The topological polar surface area (TPSA) is 69.6 Å². The summed E-state index contributed by atoms with van der Waals surface area (Å²) in [6.07, 6.45) is -9.22. The molecule has 35 heavy (non-hydrogen) atoms. The van der Waals surface area contributed by atoms with Gasteiger partial charge in [-0.1, -0.05) is 30.3 Å². The summed E-state index contributed by atoms with van der Waals surface area (Å²) < 4.78 is 79.6. The van der Waals surface area contributed by atoms with Gasteiger partial charge in [0.1, 0.15) is 0 Å². The third-order valence-corrected chi connectivity index (χ3v) is 5.67. The first-order chi connectivity index (χ1) is 15.8. The van der Waals surface area contributed by atoms with Crippen molar-refractivity contribution in [1.29, 1.82) is 0 Å². The van der Waals surface area contributed by atoms with Crippen LogP contribution in [0.3, 0.4) is 0 Å². The van der Waals surface area contributed by atoms with Crippen molar-refractivity contribution in [3.63, 3.8) is 0 Å². The standard InChI is InChI=1S/C23H22F6N2O3.ClH/c24-22(25,26)16-9-15(10-17(11-16)23(27,28)29)21(34)31-7-6-18(30-13-20(32)33)12-19(31)8-14-4-2-1-3-5-14;/h1-5,9-11,18-19,30H,6-8,12-13H2,(H,32,33);1H. The van der Waals surface area contributed by atoms with E-state index in [0.717, 1.165) is 5.56 Å². The number of amides is 1. The van der Waals surface area contributed by atoms with Crippen molar-refractivity contribution >= 4 is 24.3 Å². The van der Waals surface area contributed by atoms with E-state index in [1.165, 1.54) is 4.90 Å². The number of carbonyl (C=O) groups is 2. The molecule has 1 saturated heterocycles. The molecule has 0 radical (unpaired) electrons. The van der Waals surface area contributed by atoms with E-state index in [9.17, 15) is 35.9 Å². The van der Waals surface area contributed by atoms with Crippen LogP contribution in [-0.2, 0) is 23.6 Å². The van der Waals surface area contributed by atoms with Crippen LogP contribution in [0.1, 0.15) is 39.9 Å². The van der Waals surface area contributed by atoms with Gasteiger partial charge in [0, 0.05) is 24.2 Å². The predicted molar refractivity (Wildman–Crippen MR) is 117 cm³/mol. The number of hydrogen-bond acceptors (Lipinski definition) is 3. The first-order valence-corrected chi connectivity index (χ1v) is 10.4. The second kappa shape index (κ2) is 11.3. The molecule has 5 nitrogen and oxygen atoms in total. The molecule has 2 unspecified atom stereocenters. The van der Waals surface area contributed by atoms with Gasteiger partial charge in [0.05, 0.1) is 17.7 Å². The molecular formula is C23H23ClF6N2O3. The van der Waals surface area contributed by atoms with Crippen LogP contribution in [0.15, 0.2) is 48.5 Å². The monoisotopic (exact) mass is 524 g/mol. The van der Waals surface area contributed by atoms with E-state index in [4.69, 9.17) is 5.11 Å². The summed E-state index contributed by atoms with van der Waals surface area (Å²) in [5, 5.41) is 11.8. The Labute approximate surface area is 203 Å². The normalized spacial score (nSPS) is 18.6. The fourth-order valence-corrected chi connectivity index (χ4v) is 4.06. The first kappa shape index (κ1) is 28.4. The SMILES string of the molecule is Cl.O=C(O)CNC1CCN(C(=O)c2cc(C(F)(F)F)cc(C(F)(F)F)c2)C(Cc2ccccc2)C1. The number of rotatable bonds is 6. The van der Waals surface area contributed by atoms with Gasteiger partial charge in [-0.3, -0.25) is 9.59 Å². The van der Waals surface area contributed by atoms with Crippen LogP contribution < -0.4 is 5.32 Å². The Morgan fingerprint density at radius 1 is 0.971 bits per heavy atom. The van der Waals surface area contributed by atoms with Crippen molar-refractivity contribution in [1.82, 2.24) is 10.2 Å². The van der Waals surface area contributed by atoms with Crippen LogP contribution in [-0.4, -0.2) is 47.1 Å². The Bertz CT molecular complexity index is 998. The van der Waals surface area contributed by atoms with E-state index in [2.05, 4.69) is 5.32 Å². The Hall–Kier alpha value is -2.79. The van der Waals surface area contributed by atoms with Crippen molar-refractivity contribution < 1.29 is 41.0 Å². The zero-order chi connectivity index (χ0) is 25.1. The number of carbonyl (C=O) groups excluding carboxylic acids is 1. The number of likely N-dealkylation sites (tertiary alicyclic amines) is 1. The molecule has 1 heterocycles. The molecule has 3 rings (SSSR count). The van der Waals surface area contributed by atoms with Crippen LogP contribution in [0.4, 0.5) is 26.3 Å². The van der Waals surface area contributed by atoms with Gasteiger partial charge in [-0.2, -0.15) is 26.3 Å². The highest BCUT2D eigenvalue weighted by molar-refractivity contribution is 5.95. The zero-order valence-corrected chi connectivity index (χ0v) is 19.0. The summed E-state index contributed by atoms with van der Waals surface area (Å²) in [6.45, 7) is -0.259. The minimum absolute atomic E-state index is 0. The molecule has 1 fully saturated rings. The molecule has 12 heteroatoms. The van der Waals surface area contributed by atoms with Crippen LogP contribution in [0, 0.1) is 0 Å². The minimum Gasteiger partial charge on any atom is -0.480 e. The zero-order valence-electron chi connectivity index (χ0n) is 18.2. The van der Waals surface area contributed by atoms with Gasteiger partial charge in [0.25, 0.3) is 5.91 Å². The van der Waals surface area contributed by atoms with Crippen molar-refractivity contribution in [3.05, 3.63) is 70.8 Å². The summed E-state index contributed by atoms with van der Waals surface area (Å²) >= 11 is 0. The second-order valence-electron chi connectivity index (χ2n) is 8.13. The number of aliphatic carboxylic acids is 1. The molecule has 1 amide bonds. The Kier molecular flexibility index (Phi) is 9.18. The Morgan fingerprint density at radius 3 is 2.06 bits per heavy atom. The molecule has 2 N–H and O–H groups in total. The number of nitrogens with one attached hydrogen (secondary N) is 1. The third-order valence-electron chi connectivity index (χ3n) is 5.67. The summed E-state index contributed by atoms with van der Waals surface area (Å²) in [5.41, 5.74) is -2.98. The fourth-order valence-electron chi connectivity index (χ4n) is 4.06. The van der Waals surface area contributed by atoms with Crippen molar-refractivity contribution in [2.24, 2.45) is 0 Å². The first-order valence-electron chi connectivity index (χ1n) is 10.4.